The Bertz CT molecular complexity index is 196. The van der Waals surface area contributed by atoms with Crippen molar-refractivity contribution in [3.05, 3.63) is 0 Å². The van der Waals surface area contributed by atoms with Crippen molar-refractivity contribution in [2.75, 3.05) is 0 Å². The van der Waals surface area contributed by atoms with E-state index in [9.17, 15) is 0 Å². The van der Waals surface area contributed by atoms with Crippen molar-refractivity contribution in [2.45, 2.75) is 65.3 Å². The molecule has 90 valence electrons. The number of rotatable bonds is 0. The summed E-state index contributed by atoms with van der Waals surface area (Å²) in [5.41, 5.74) is 6.74. The first kappa shape index (κ1) is 14.4. The maximum Gasteiger partial charge on any atom is 0.300 e. The Morgan fingerprint density at radius 3 is 1.73 bits per heavy atom. The van der Waals surface area contributed by atoms with Gasteiger partial charge in [0.1, 0.15) is 0 Å². The molecule has 0 aliphatic heterocycles. The molecular weight excluding hydrogens is 190 g/mol. The van der Waals surface area contributed by atoms with Crippen molar-refractivity contribution < 1.29 is 9.90 Å². The molecule has 0 spiro atoms. The number of hydrogen-bond donors (Lipinski definition) is 2. The predicted molar refractivity (Wildman–Crippen MR) is 62.8 cm³/mol. The fourth-order valence-electron chi connectivity index (χ4n) is 1.93. The van der Waals surface area contributed by atoms with Gasteiger partial charge >= 0.3 is 0 Å². The van der Waals surface area contributed by atoms with Crippen LogP contribution in [-0.2, 0) is 4.79 Å². The van der Waals surface area contributed by atoms with E-state index in [0.29, 0.717) is 0 Å². The Kier molecular flexibility index (Phi) is 5.29. The Hall–Kier alpha value is -0.570. The second-order valence-electron chi connectivity index (χ2n) is 5.49. The van der Waals surface area contributed by atoms with Gasteiger partial charge in [-0.25, -0.2) is 0 Å². The van der Waals surface area contributed by atoms with Crippen molar-refractivity contribution in [3.8, 4) is 0 Å². The van der Waals surface area contributed by atoms with Crippen LogP contribution >= 0.6 is 0 Å². The van der Waals surface area contributed by atoms with Gasteiger partial charge in [-0.05, 0) is 18.3 Å². The number of carboxylic acid groups (broad SMARTS) is 1. The molecule has 1 aliphatic carbocycles. The lowest BCUT2D eigenvalue weighted by molar-refractivity contribution is -0.134. The van der Waals surface area contributed by atoms with Crippen LogP contribution in [0.1, 0.15) is 59.8 Å². The zero-order valence-corrected chi connectivity index (χ0v) is 10.5. The van der Waals surface area contributed by atoms with Crippen molar-refractivity contribution in [3.63, 3.8) is 0 Å². The SMILES string of the molecule is CC(=O)O.CC(C)(C)C1(N)CCCCC1. The summed E-state index contributed by atoms with van der Waals surface area (Å²) in [7, 11) is 0. The molecule has 1 rings (SSSR count). The molecule has 0 amide bonds. The van der Waals surface area contributed by atoms with Crippen LogP contribution < -0.4 is 5.73 Å². The Morgan fingerprint density at radius 2 is 1.53 bits per heavy atom. The maximum atomic E-state index is 9.00. The first-order valence-corrected chi connectivity index (χ1v) is 5.67. The summed E-state index contributed by atoms with van der Waals surface area (Å²) in [5.74, 6) is -0.833. The van der Waals surface area contributed by atoms with Crippen LogP contribution in [0.4, 0.5) is 0 Å². The molecule has 0 radical (unpaired) electrons. The summed E-state index contributed by atoms with van der Waals surface area (Å²) in [5, 5.41) is 7.42. The molecule has 0 bridgehead atoms. The summed E-state index contributed by atoms with van der Waals surface area (Å²) in [4.78, 5) is 9.00. The van der Waals surface area contributed by atoms with Crippen molar-refractivity contribution >= 4 is 5.97 Å². The van der Waals surface area contributed by atoms with E-state index in [1.807, 2.05) is 0 Å². The smallest absolute Gasteiger partial charge is 0.300 e. The van der Waals surface area contributed by atoms with E-state index in [1.54, 1.807) is 0 Å². The minimum absolute atomic E-state index is 0.116. The predicted octanol–water partition coefficient (Wildman–Crippen LogP) is 2.79. The minimum atomic E-state index is -0.833. The van der Waals surface area contributed by atoms with E-state index in [4.69, 9.17) is 15.6 Å². The molecule has 1 aliphatic rings. The highest BCUT2D eigenvalue weighted by atomic mass is 16.4. The number of carbonyl (C=O) groups is 1. The first-order valence-electron chi connectivity index (χ1n) is 5.67. The summed E-state index contributed by atoms with van der Waals surface area (Å²) in [6.45, 7) is 7.87. The van der Waals surface area contributed by atoms with E-state index in [1.165, 1.54) is 32.1 Å². The summed E-state index contributed by atoms with van der Waals surface area (Å²) in [6, 6.07) is 0. The highest BCUT2D eigenvalue weighted by Crippen LogP contribution is 2.39. The van der Waals surface area contributed by atoms with Crippen molar-refractivity contribution in [1.29, 1.82) is 0 Å². The standard InChI is InChI=1S/C10H21N.C2H4O2/c1-9(2,3)10(11)7-5-4-6-8-10;1-2(3)4/h4-8,11H2,1-3H3;1H3,(H,3,4). The topological polar surface area (TPSA) is 63.3 Å². The maximum absolute atomic E-state index is 9.00. The molecule has 15 heavy (non-hydrogen) atoms. The third-order valence-corrected chi connectivity index (χ3v) is 3.24. The molecule has 0 aromatic rings. The third-order valence-electron chi connectivity index (χ3n) is 3.24. The van der Waals surface area contributed by atoms with Crippen molar-refractivity contribution in [2.24, 2.45) is 11.1 Å². The molecule has 0 aromatic carbocycles. The fraction of sp³-hybridized carbons (Fsp3) is 0.917. The van der Waals surface area contributed by atoms with Gasteiger partial charge < -0.3 is 10.8 Å². The molecule has 1 fully saturated rings. The molecular formula is C12H25NO2. The Balaban J connectivity index is 0.000000423. The molecule has 0 heterocycles. The van der Waals surface area contributed by atoms with Crippen LogP contribution in [0.25, 0.3) is 0 Å². The molecule has 0 saturated heterocycles. The highest BCUT2D eigenvalue weighted by molar-refractivity contribution is 5.62. The van der Waals surface area contributed by atoms with Gasteiger partial charge in [0.2, 0.25) is 0 Å². The number of aliphatic carboxylic acids is 1. The quantitative estimate of drug-likeness (QED) is 0.653. The van der Waals surface area contributed by atoms with E-state index in [-0.39, 0.29) is 11.0 Å². The van der Waals surface area contributed by atoms with Crippen LogP contribution in [-0.4, -0.2) is 16.6 Å². The average Bonchev–Trinajstić information content (AvgIpc) is 2.02. The van der Waals surface area contributed by atoms with Gasteiger partial charge in [-0.15, -0.1) is 0 Å². The zero-order chi connectivity index (χ0) is 12.1. The van der Waals surface area contributed by atoms with E-state index in [0.717, 1.165) is 6.92 Å². The first-order chi connectivity index (χ1) is 6.69. The van der Waals surface area contributed by atoms with Gasteiger partial charge in [-0.2, -0.15) is 0 Å². The van der Waals surface area contributed by atoms with Crippen LogP contribution in [0.5, 0.6) is 0 Å². The zero-order valence-electron chi connectivity index (χ0n) is 10.5. The van der Waals surface area contributed by atoms with Gasteiger partial charge in [0.15, 0.2) is 0 Å². The lowest BCUT2D eigenvalue weighted by Gasteiger charge is -2.44. The van der Waals surface area contributed by atoms with Crippen LogP contribution in [0.15, 0.2) is 0 Å². The second-order valence-corrected chi connectivity index (χ2v) is 5.49. The van der Waals surface area contributed by atoms with Gasteiger partial charge in [-0.1, -0.05) is 40.0 Å². The van der Waals surface area contributed by atoms with Gasteiger partial charge in [0.25, 0.3) is 5.97 Å². The van der Waals surface area contributed by atoms with Gasteiger partial charge in [0, 0.05) is 12.5 Å². The second kappa shape index (κ2) is 5.50. The van der Waals surface area contributed by atoms with Crippen LogP contribution in [0.3, 0.4) is 0 Å². The summed E-state index contributed by atoms with van der Waals surface area (Å²) >= 11 is 0. The summed E-state index contributed by atoms with van der Waals surface area (Å²) in [6.07, 6.45) is 6.48. The molecule has 3 heteroatoms. The lowest BCUT2D eigenvalue weighted by Crippen LogP contribution is -2.52. The number of hydrogen-bond acceptors (Lipinski definition) is 2. The fourth-order valence-corrected chi connectivity index (χ4v) is 1.93. The highest BCUT2D eigenvalue weighted by Gasteiger charge is 2.38. The lowest BCUT2D eigenvalue weighted by atomic mass is 9.66. The monoisotopic (exact) mass is 215 g/mol. The third kappa shape index (κ3) is 5.17. The molecule has 0 atom stereocenters. The van der Waals surface area contributed by atoms with E-state index >= 15 is 0 Å². The van der Waals surface area contributed by atoms with Gasteiger partial charge in [-0.3, -0.25) is 4.79 Å². The molecule has 3 nitrogen and oxygen atoms in total. The normalized spacial score (nSPS) is 20.1. The molecule has 0 aromatic heterocycles. The Labute approximate surface area is 93.0 Å². The molecule has 0 unspecified atom stereocenters. The van der Waals surface area contributed by atoms with Crippen LogP contribution in [0, 0.1) is 5.41 Å². The van der Waals surface area contributed by atoms with Crippen LogP contribution in [0.2, 0.25) is 0 Å². The largest absolute Gasteiger partial charge is 0.481 e. The molecule has 3 N–H and O–H groups in total. The number of nitrogens with two attached hydrogens (primary N) is 1. The Morgan fingerprint density at radius 1 is 1.20 bits per heavy atom. The average molecular weight is 215 g/mol. The molecule has 1 saturated carbocycles. The summed E-state index contributed by atoms with van der Waals surface area (Å²) < 4.78 is 0. The van der Waals surface area contributed by atoms with E-state index < -0.39 is 5.97 Å². The number of carboxylic acids is 1. The minimum Gasteiger partial charge on any atom is -0.481 e. The van der Waals surface area contributed by atoms with Gasteiger partial charge in [0.05, 0.1) is 0 Å². The van der Waals surface area contributed by atoms with Crippen molar-refractivity contribution in [1.82, 2.24) is 0 Å². The van der Waals surface area contributed by atoms with E-state index in [2.05, 4.69) is 20.8 Å².